The predicted octanol–water partition coefficient (Wildman–Crippen LogP) is 5.08. The molecule has 1 aliphatic heterocycles. The van der Waals surface area contributed by atoms with Gasteiger partial charge in [-0.1, -0.05) is 18.2 Å². The number of benzene rings is 3. The molecule has 13 heteroatoms. The summed E-state index contributed by atoms with van der Waals surface area (Å²) in [5, 5.41) is 7.11. The van der Waals surface area contributed by atoms with E-state index < -0.39 is 9.84 Å². The van der Waals surface area contributed by atoms with Crippen molar-refractivity contribution < 1.29 is 27.5 Å². The fourth-order valence-corrected chi connectivity index (χ4v) is 5.46. The fourth-order valence-electron chi connectivity index (χ4n) is 4.37. The first kappa shape index (κ1) is 35.1. The summed E-state index contributed by atoms with van der Waals surface area (Å²) in [7, 11) is 0.0850. The van der Waals surface area contributed by atoms with E-state index in [-0.39, 0.29) is 28.8 Å². The Balaban J connectivity index is 0.000000199. The van der Waals surface area contributed by atoms with Crippen LogP contribution in [0.5, 0.6) is 11.5 Å². The number of halogens is 1. The Morgan fingerprint density at radius 3 is 2.02 bits per heavy atom. The highest BCUT2D eigenvalue weighted by Gasteiger charge is 2.17. The molecule has 1 fully saturated rings. The van der Waals surface area contributed by atoms with Gasteiger partial charge in [-0.25, -0.2) is 8.42 Å². The van der Waals surface area contributed by atoms with E-state index in [1.807, 2.05) is 41.3 Å². The number of ether oxygens (including phenoxy) is 2. The van der Waals surface area contributed by atoms with Gasteiger partial charge in [0, 0.05) is 53.7 Å². The minimum atomic E-state index is -3.16. The summed E-state index contributed by atoms with van der Waals surface area (Å²) in [6.07, 6.45) is 4.95. The van der Waals surface area contributed by atoms with Crippen LogP contribution in [-0.4, -0.2) is 70.2 Å². The SMILES string of the molecule is CC(=O)Nc1ccc(S(C)(=O)=O)cc1.COc1ccccc1OC.O=C(CNc1ccc2c(Br)c[nH]c(=O)c2c1)N1CCCC1. The van der Waals surface area contributed by atoms with Crippen LogP contribution in [0.2, 0.25) is 0 Å². The Hall–Kier alpha value is -4.36. The lowest BCUT2D eigenvalue weighted by Crippen LogP contribution is -2.32. The van der Waals surface area contributed by atoms with E-state index in [0.717, 1.165) is 59.2 Å². The number of para-hydroxylation sites is 2. The quantitative estimate of drug-likeness (QED) is 0.242. The molecule has 1 saturated heterocycles. The van der Waals surface area contributed by atoms with Gasteiger partial charge in [-0.3, -0.25) is 14.4 Å². The lowest BCUT2D eigenvalue weighted by atomic mass is 10.1. The van der Waals surface area contributed by atoms with E-state index in [1.54, 1.807) is 38.6 Å². The van der Waals surface area contributed by atoms with E-state index >= 15 is 0 Å². The number of likely N-dealkylation sites (tertiary alicyclic amines) is 1. The normalized spacial score (nSPS) is 12.2. The molecule has 3 N–H and O–H groups in total. The zero-order valence-corrected chi connectivity index (χ0v) is 28.0. The zero-order valence-electron chi connectivity index (χ0n) is 25.6. The first-order chi connectivity index (χ1) is 21.4. The highest BCUT2D eigenvalue weighted by molar-refractivity contribution is 9.10. The molecule has 2 heterocycles. The number of H-pyrrole nitrogens is 1. The summed E-state index contributed by atoms with van der Waals surface area (Å²) in [5.41, 5.74) is 1.23. The summed E-state index contributed by atoms with van der Waals surface area (Å²) < 4.78 is 33.0. The number of carbonyl (C=O) groups excluding carboxylic acids is 2. The number of aromatic amines is 1. The van der Waals surface area contributed by atoms with Crippen molar-refractivity contribution in [3.63, 3.8) is 0 Å². The van der Waals surface area contributed by atoms with Crippen LogP contribution in [0.25, 0.3) is 10.8 Å². The molecule has 0 bridgehead atoms. The van der Waals surface area contributed by atoms with Crippen molar-refractivity contribution in [1.82, 2.24) is 9.88 Å². The monoisotopic (exact) mass is 700 g/mol. The first-order valence-electron chi connectivity index (χ1n) is 14.0. The molecule has 1 aromatic heterocycles. The van der Waals surface area contributed by atoms with Crippen LogP contribution >= 0.6 is 15.9 Å². The Morgan fingerprint density at radius 1 is 0.911 bits per heavy atom. The Bertz CT molecular complexity index is 1750. The number of sulfone groups is 1. The molecule has 11 nitrogen and oxygen atoms in total. The van der Waals surface area contributed by atoms with Crippen LogP contribution in [0.15, 0.2) is 87.1 Å². The number of anilines is 2. The van der Waals surface area contributed by atoms with Gasteiger partial charge in [0.1, 0.15) is 0 Å². The molecule has 4 aromatic rings. The van der Waals surface area contributed by atoms with E-state index in [1.165, 1.54) is 19.1 Å². The summed E-state index contributed by atoms with van der Waals surface area (Å²) >= 11 is 3.41. The molecular formula is C32H37BrN4O7S. The molecule has 0 radical (unpaired) electrons. The Morgan fingerprint density at radius 2 is 1.49 bits per heavy atom. The third kappa shape index (κ3) is 10.6. The molecule has 0 unspecified atom stereocenters. The predicted molar refractivity (Wildman–Crippen MR) is 180 cm³/mol. The molecule has 5 rings (SSSR count). The molecule has 240 valence electrons. The molecule has 0 spiro atoms. The van der Waals surface area contributed by atoms with Crippen molar-refractivity contribution in [2.24, 2.45) is 0 Å². The van der Waals surface area contributed by atoms with Gasteiger partial charge < -0.3 is 30.0 Å². The number of amides is 2. The number of hydrogen-bond acceptors (Lipinski definition) is 8. The smallest absolute Gasteiger partial charge is 0.255 e. The van der Waals surface area contributed by atoms with E-state index in [9.17, 15) is 22.8 Å². The van der Waals surface area contributed by atoms with Crippen molar-refractivity contribution in [2.45, 2.75) is 24.7 Å². The molecular weight excluding hydrogens is 664 g/mol. The summed E-state index contributed by atoms with van der Waals surface area (Å²) in [6, 6.07) is 19.1. The topological polar surface area (TPSA) is 147 Å². The number of fused-ring (bicyclic) bond motifs is 1. The maximum absolute atomic E-state index is 12.0. The average molecular weight is 702 g/mol. The maximum atomic E-state index is 12.0. The van der Waals surface area contributed by atoms with Crippen molar-refractivity contribution >= 4 is 59.7 Å². The highest BCUT2D eigenvalue weighted by Crippen LogP contribution is 2.25. The van der Waals surface area contributed by atoms with Crippen molar-refractivity contribution in [1.29, 1.82) is 0 Å². The highest BCUT2D eigenvalue weighted by atomic mass is 79.9. The molecule has 0 atom stereocenters. The minimum Gasteiger partial charge on any atom is -0.493 e. The Labute approximate surface area is 271 Å². The van der Waals surface area contributed by atoms with Crippen LogP contribution in [0.3, 0.4) is 0 Å². The molecule has 2 amide bonds. The van der Waals surface area contributed by atoms with Gasteiger partial charge in [0.15, 0.2) is 21.3 Å². The van der Waals surface area contributed by atoms with Crippen LogP contribution in [0.4, 0.5) is 11.4 Å². The fraction of sp³-hybridized carbons (Fsp3) is 0.281. The summed E-state index contributed by atoms with van der Waals surface area (Å²) in [4.78, 5) is 39.3. The number of pyridine rings is 1. The number of carbonyl (C=O) groups is 2. The number of hydrogen-bond donors (Lipinski definition) is 3. The summed E-state index contributed by atoms with van der Waals surface area (Å²) in [6.45, 7) is 3.36. The molecule has 45 heavy (non-hydrogen) atoms. The number of nitrogens with one attached hydrogen (secondary N) is 3. The van der Waals surface area contributed by atoms with Gasteiger partial charge in [-0.05, 0) is 77.3 Å². The maximum Gasteiger partial charge on any atom is 0.255 e. The second kappa shape index (κ2) is 16.6. The van der Waals surface area contributed by atoms with Crippen molar-refractivity contribution in [3.05, 3.63) is 87.8 Å². The lowest BCUT2D eigenvalue weighted by molar-refractivity contribution is -0.128. The number of methoxy groups -OCH3 is 2. The third-order valence-corrected chi connectivity index (χ3v) is 8.43. The van der Waals surface area contributed by atoms with E-state index in [4.69, 9.17) is 9.47 Å². The third-order valence-electron chi connectivity index (χ3n) is 6.65. The van der Waals surface area contributed by atoms with Crippen molar-refractivity contribution in [3.8, 4) is 11.5 Å². The molecule has 0 aliphatic carbocycles. The van der Waals surface area contributed by atoms with Crippen LogP contribution in [-0.2, 0) is 19.4 Å². The van der Waals surface area contributed by atoms with Crippen LogP contribution < -0.4 is 25.7 Å². The number of rotatable bonds is 7. The van der Waals surface area contributed by atoms with Gasteiger partial charge in [-0.15, -0.1) is 0 Å². The second-order valence-corrected chi connectivity index (χ2v) is 12.9. The minimum absolute atomic E-state index is 0.107. The first-order valence-corrected chi connectivity index (χ1v) is 16.7. The average Bonchev–Trinajstić information content (AvgIpc) is 3.57. The largest absolute Gasteiger partial charge is 0.493 e. The molecule has 3 aromatic carbocycles. The van der Waals surface area contributed by atoms with E-state index in [2.05, 4.69) is 31.5 Å². The molecule has 0 saturated carbocycles. The van der Waals surface area contributed by atoms with Crippen molar-refractivity contribution in [2.75, 3.05) is 50.7 Å². The zero-order chi connectivity index (χ0) is 33.0. The van der Waals surface area contributed by atoms with Gasteiger partial charge in [-0.2, -0.15) is 0 Å². The lowest BCUT2D eigenvalue weighted by Gasteiger charge is -2.16. The second-order valence-electron chi connectivity index (χ2n) is 10.0. The Kier molecular flexibility index (Phi) is 13.0. The van der Waals surface area contributed by atoms with Crippen LogP contribution in [0.1, 0.15) is 19.8 Å². The summed E-state index contributed by atoms with van der Waals surface area (Å²) in [5.74, 6) is 1.46. The number of nitrogens with zero attached hydrogens (tertiary/aromatic N) is 1. The molecule has 1 aliphatic rings. The standard InChI is InChI=1S/C15H16BrN3O2.C9H11NO3S.C8H10O2/c16-13-8-18-15(21)12-7-10(3-4-11(12)13)17-9-14(20)19-5-1-2-6-19;1-7(11)10-8-3-5-9(6-4-8)14(2,12)13;1-9-7-5-3-4-6-8(7)10-2/h3-4,7-8,17H,1-2,5-6,9H2,(H,18,21);3-6H,1-2H3,(H,10,11);3-6H,1-2H3. The number of aromatic nitrogens is 1. The van der Waals surface area contributed by atoms with Gasteiger partial charge in [0.25, 0.3) is 5.56 Å². The van der Waals surface area contributed by atoms with Gasteiger partial charge >= 0.3 is 0 Å². The van der Waals surface area contributed by atoms with Gasteiger partial charge in [0.05, 0.1) is 31.0 Å². The van der Waals surface area contributed by atoms with E-state index in [0.29, 0.717) is 11.1 Å². The van der Waals surface area contributed by atoms with Gasteiger partial charge in [0.2, 0.25) is 11.8 Å². The van der Waals surface area contributed by atoms with Crippen LogP contribution in [0, 0.1) is 0 Å².